The molecule has 1 N–H and O–H groups in total. The van der Waals surface area contributed by atoms with Gasteiger partial charge in [0.1, 0.15) is 12.4 Å². The zero-order valence-corrected chi connectivity index (χ0v) is 12.3. The Morgan fingerprint density at radius 3 is 2.85 bits per heavy atom. The van der Waals surface area contributed by atoms with Crippen LogP contribution >= 0.6 is 11.8 Å². The summed E-state index contributed by atoms with van der Waals surface area (Å²) in [6.45, 7) is 2.72. The highest BCUT2D eigenvalue weighted by molar-refractivity contribution is 8.00. The Labute approximate surface area is 123 Å². The first-order valence-electron chi connectivity index (χ1n) is 6.84. The lowest BCUT2D eigenvalue weighted by Crippen LogP contribution is -2.14. The summed E-state index contributed by atoms with van der Waals surface area (Å²) >= 11 is 1.89. The van der Waals surface area contributed by atoms with Crippen molar-refractivity contribution in [2.75, 3.05) is 6.61 Å². The van der Waals surface area contributed by atoms with Crippen LogP contribution in [-0.4, -0.2) is 17.0 Å². The van der Waals surface area contributed by atoms with Crippen LogP contribution < -0.4 is 4.74 Å². The summed E-state index contributed by atoms with van der Waals surface area (Å²) in [5.74, 6) is 0.839. The monoisotopic (exact) mass is 286 g/mol. The molecule has 0 aromatic heterocycles. The first-order chi connectivity index (χ1) is 9.78. The lowest BCUT2D eigenvalue weighted by atomic mass is 10.1. The third kappa shape index (κ3) is 2.69. The minimum atomic E-state index is 0.0229. The normalized spacial score (nSPS) is 17.0. The number of thioether (sulfide) groups is 1. The Hall–Kier alpha value is -1.45. The maximum absolute atomic E-state index is 9.39. The van der Waals surface area contributed by atoms with Crippen LogP contribution in [0.15, 0.2) is 47.4 Å². The molecule has 2 aromatic rings. The van der Waals surface area contributed by atoms with E-state index in [0.717, 1.165) is 23.3 Å². The Bertz CT molecular complexity index is 585. The number of fused-ring (bicyclic) bond motifs is 1. The van der Waals surface area contributed by atoms with Gasteiger partial charge < -0.3 is 9.84 Å². The van der Waals surface area contributed by atoms with E-state index >= 15 is 0 Å². The van der Waals surface area contributed by atoms with E-state index in [0.29, 0.717) is 11.9 Å². The molecule has 1 aliphatic rings. The Kier molecular flexibility index (Phi) is 3.99. The summed E-state index contributed by atoms with van der Waals surface area (Å²) < 4.78 is 5.99. The maximum Gasteiger partial charge on any atom is 0.127 e. The Balaban J connectivity index is 1.67. The van der Waals surface area contributed by atoms with Crippen molar-refractivity contribution in [2.24, 2.45) is 0 Å². The van der Waals surface area contributed by atoms with Gasteiger partial charge in [0.25, 0.3) is 0 Å². The summed E-state index contributed by atoms with van der Waals surface area (Å²) in [4.78, 5) is 1.37. The van der Waals surface area contributed by atoms with Crippen molar-refractivity contribution >= 4 is 11.8 Å². The van der Waals surface area contributed by atoms with Crippen LogP contribution in [0.1, 0.15) is 16.7 Å². The van der Waals surface area contributed by atoms with Crippen LogP contribution in [0.25, 0.3) is 0 Å². The molecule has 1 atom stereocenters. The van der Waals surface area contributed by atoms with Crippen LogP contribution in [0.2, 0.25) is 0 Å². The van der Waals surface area contributed by atoms with Gasteiger partial charge in [0.05, 0.1) is 6.61 Å². The third-order valence-electron chi connectivity index (χ3n) is 3.59. The van der Waals surface area contributed by atoms with Crippen molar-refractivity contribution in [1.29, 1.82) is 0 Å². The topological polar surface area (TPSA) is 29.5 Å². The molecular formula is C17H18O2S. The van der Waals surface area contributed by atoms with E-state index in [4.69, 9.17) is 4.74 Å². The lowest BCUT2D eigenvalue weighted by Gasteiger charge is -2.15. The second-order valence-corrected chi connectivity index (χ2v) is 6.43. The predicted molar refractivity (Wildman–Crippen MR) is 82.4 cm³/mol. The van der Waals surface area contributed by atoms with Crippen LogP contribution in [-0.2, 0) is 13.0 Å². The number of aliphatic hydroxyl groups is 1. The van der Waals surface area contributed by atoms with Gasteiger partial charge in [-0.25, -0.2) is 0 Å². The number of aryl methyl sites for hydroxylation is 1. The van der Waals surface area contributed by atoms with E-state index in [1.54, 1.807) is 0 Å². The van der Waals surface area contributed by atoms with Gasteiger partial charge in [-0.15, -0.1) is 11.8 Å². The SMILES string of the molecule is Cc1cccc(CO)c1OCC1Cc2ccccc2S1. The zero-order valence-electron chi connectivity index (χ0n) is 11.5. The van der Waals surface area contributed by atoms with E-state index in [1.165, 1.54) is 10.5 Å². The molecule has 104 valence electrons. The molecule has 20 heavy (non-hydrogen) atoms. The second-order valence-electron chi connectivity index (χ2n) is 5.08. The lowest BCUT2D eigenvalue weighted by molar-refractivity contribution is 0.262. The molecule has 1 aliphatic heterocycles. The van der Waals surface area contributed by atoms with Crippen molar-refractivity contribution in [3.63, 3.8) is 0 Å². The van der Waals surface area contributed by atoms with Crippen molar-refractivity contribution < 1.29 is 9.84 Å². The summed E-state index contributed by atoms with van der Waals surface area (Å²) in [5, 5.41) is 9.85. The molecule has 0 saturated carbocycles. The number of para-hydroxylation sites is 1. The minimum absolute atomic E-state index is 0.0229. The summed E-state index contributed by atoms with van der Waals surface area (Å²) in [5.41, 5.74) is 3.36. The number of hydrogen-bond acceptors (Lipinski definition) is 3. The molecule has 1 unspecified atom stereocenters. The fraction of sp³-hybridized carbons (Fsp3) is 0.294. The van der Waals surface area contributed by atoms with Crippen molar-refractivity contribution in [3.8, 4) is 5.75 Å². The standard InChI is InChI=1S/C17H18O2S/c1-12-5-4-7-14(10-18)17(12)19-11-15-9-13-6-2-3-8-16(13)20-15/h2-8,15,18H,9-11H2,1H3. The molecule has 3 rings (SSSR count). The maximum atomic E-state index is 9.39. The van der Waals surface area contributed by atoms with Gasteiger partial charge in [-0.05, 0) is 30.5 Å². The predicted octanol–water partition coefficient (Wildman–Crippen LogP) is 3.58. The van der Waals surface area contributed by atoms with Crippen LogP contribution in [0.5, 0.6) is 5.75 Å². The fourth-order valence-electron chi connectivity index (χ4n) is 2.57. The molecule has 0 radical (unpaired) electrons. The number of hydrogen-bond donors (Lipinski definition) is 1. The van der Waals surface area contributed by atoms with Gasteiger partial charge in [-0.1, -0.05) is 36.4 Å². The van der Waals surface area contributed by atoms with E-state index in [9.17, 15) is 5.11 Å². The van der Waals surface area contributed by atoms with Crippen molar-refractivity contribution in [1.82, 2.24) is 0 Å². The molecule has 0 bridgehead atoms. The van der Waals surface area contributed by atoms with Crippen LogP contribution in [0, 0.1) is 6.92 Å². The highest BCUT2D eigenvalue weighted by atomic mass is 32.2. The summed E-state index contributed by atoms with van der Waals surface area (Å²) in [6.07, 6.45) is 1.06. The summed E-state index contributed by atoms with van der Waals surface area (Å²) in [6, 6.07) is 14.4. The first kappa shape index (κ1) is 13.5. The van der Waals surface area contributed by atoms with Gasteiger partial charge in [-0.3, -0.25) is 0 Å². The summed E-state index contributed by atoms with van der Waals surface area (Å²) in [7, 11) is 0. The quantitative estimate of drug-likeness (QED) is 0.931. The molecule has 2 aromatic carbocycles. The Morgan fingerprint density at radius 2 is 2.05 bits per heavy atom. The molecule has 1 heterocycles. The first-order valence-corrected chi connectivity index (χ1v) is 7.72. The molecule has 3 heteroatoms. The van der Waals surface area contributed by atoms with E-state index in [2.05, 4.69) is 24.3 Å². The average Bonchev–Trinajstić information content (AvgIpc) is 2.88. The van der Waals surface area contributed by atoms with Gasteiger partial charge in [-0.2, -0.15) is 0 Å². The van der Waals surface area contributed by atoms with E-state index in [-0.39, 0.29) is 6.61 Å². The highest BCUT2D eigenvalue weighted by Crippen LogP contribution is 2.37. The molecule has 0 saturated heterocycles. The highest BCUT2D eigenvalue weighted by Gasteiger charge is 2.22. The second kappa shape index (κ2) is 5.90. The molecule has 2 nitrogen and oxygen atoms in total. The van der Waals surface area contributed by atoms with Crippen molar-refractivity contribution in [2.45, 2.75) is 30.1 Å². The largest absolute Gasteiger partial charge is 0.492 e. The molecule has 0 amide bonds. The molecule has 0 fully saturated rings. The minimum Gasteiger partial charge on any atom is -0.492 e. The number of rotatable bonds is 4. The van der Waals surface area contributed by atoms with E-state index < -0.39 is 0 Å². The average molecular weight is 286 g/mol. The number of aliphatic hydroxyl groups excluding tert-OH is 1. The van der Waals surface area contributed by atoms with Gasteiger partial charge in [0, 0.05) is 15.7 Å². The molecule has 0 spiro atoms. The number of benzene rings is 2. The Morgan fingerprint density at radius 1 is 1.20 bits per heavy atom. The zero-order chi connectivity index (χ0) is 13.9. The van der Waals surface area contributed by atoms with E-state index in [1.807, 2.05) is 36.9 Å². The van der Waals surface area contributed by atoms with Gasteiger partial charge in [0.2, 0.25) is 0 Å². The molecular weight excluding hydrogens is 268 g/mol. The third-order valence-corrected chi connectivity index (χ3v) is 4.88. The fourth-order valence-corrected chi connectivity index (χ4v) is 3.79. The van der Waals surface area contributed by atoms with Gasteiger partial charge in [0.15, 0.2) is 0 Å². The van der Waals surface area contributed by atoms with Crippen LogP contribution in [0.4, 0.5) is 0 Å². The van der Waals surface area contributed by atoms with Crippen molar-refractivity contribution in [3.05, 3.63) is 59.2 Å². The molecule has 0 aliphatic carbocycles. The number of ether oxygens (including phenoxy) is 1. The van der Waals surface area contributed by atoms with Gasteiger partial charge >= 0.3 is 0 Å². The smallest absolute Gasteiger partial charge is 0.127 e. The van der Waals surface area contributed by atoms with Crippen LogP contribution in [0.3, 0.4) is 0 Å².